The molecule has 1 aliphatic rings. The molecule has 1 saturated heterocycles. The zero-order valence-electron chi connectivity index (χ0n) is 12.0. The molecule has 21 heavy (non-hydrogen) atoms. The van der Waals surface area contributed by atoms with Gasteiger partial charge >= 0.3 is 6.61 Å². The first-order valence-corrected chi connectivity index (χ1v) is 7.07. The van der Waals surface area contributed by atoms with E-state index in [1.165, 1.54) is 24.3 Å². The molecule has 2 unspecified atom stereocenters. The Bertz CT molecular complexity index is 479. The number of amides is 1. The Kier molecular flexibility index (Phi) is 5.12. The third kappa shape index (κ3) is 3.91. The molecule has 1 fully saturated rings. The molecule has 1 amide bonds. The third-order valence-electron chi connectivity index (χ3n) is 3.84. The van der Waals surface area contributed by atoms with Crippen LogP contribution in [-0.4, -0.2) is 36.5 Å². The van der Waals surface area contributed by atoms with Gasteiger partial charge in [0.2, 0.25) is 0 Å². The number of rotatable bonds is 4. The van der Waals surface area contributed by atoms with Crippen molar-refractivity contribution in [3.63, 3.8) is 0 Å². The lowest BCUT2D eigenvalue weighted by Gasteiger charge is -2.38. The summed E-state index contributed by atoms with van der Waals surface area (Å²) in [4.78, 5) is 14.3. The normalized spacial score (nSPS) is 22.4. The second-order valence-electron chi connectivity index (χ2n) is 5.42. The summed E-state index contributed by atoms with van der Waals surface area (Å²) >= 11 is 0. The Morgan fingerprint density at radius 3 is 2.67 bits per heavy atom. The molecule has 1 aliphatic heterocycles. The van der Waals surface area contributed by atoms with E-state index < -0.39 is 6.61 Å². The summed E-state index contributed by atoms with van der Waals surface area (Å²) < 4.78 is 28.5. The van der Waals surface area contributed by atoms with E-state index in [0.29, 0.717) is 24.6 Å². The summed E-state index contributed by atoms with van der Waals surface area (Å²) in [5.41, 5.74) is 6.22. The van der Waals surface area contributed by atoms with Crippen LogP contribution in [0.1, 0.15) is 30.1 Å². The first-order valence-electron chi connectivity index (χ1n) is 7.07. The van der Waals surface area contributed by atoms with Crippen molar-refractivity contribution in [1.29, 1.82) is 0 Å². The van der Waals surface area contributed by atoms with Crippen molar-refractivity contribution in [2.24, 2.45) is 11.7 Å². The van der Waals surface area contributed by atoms with Crippen LogP contribution in [0.15, 0.2) is 24.3 Å². The number of ether oxygens (including phenoxy) is 1. The van der Waals surface area contributed by atoms with Crippen molar-refractivity contribution in [3.8, 4) is 5.75 Å². The van der Waals surface area contributed by atoms with Crippen molar-refractivity contribution in [3.05, 3.63) is 29.8 Å². The molecule has 116 valence electrons. The number of benzene rings is 1. The maximum Gasteiger partial charge on any atom is 0.387 e. The second-order valence-corrected chi connectivity index (χ2v) is 5.42. The van der Waals surface area contributed by atoms with Crippen LogP contribution in [-0.2, 0) is 0 Å². The standard InChI is InChI=1S/C15H20F2N2O2/c1-10-6-7-19(12(8-10)9-18)14(20)11-2-4-13(5-3-11)21-15(16)17/h2-5,10,12,15H,6-9,18H2,1H3. The van der Waals surface area contributed by atoms with Crippen molar-refractivity contribution in [2.75, 3.05) is 13.1 Å². The van der Waals surface area contributed by atoms with E-state index in [0.717, 1.165) is 12.8 Å². The highest BCUT2D eigenvalue weighted by Gasteiger charge is 2.29. The third-order valence-corrected chi connectivity index (χ3v) is 3.84. The Hall–Kier alpha value is -1.69. The minimum Gasteiger partial charge on any atom is -0.435 e. The summed E-state index contributed by atoms with van der Waals surface area (Å²) in [7, 11) is 0. The number of piperidine rings is 1. The predicted molar refractivity (Wildman–Crippen MR) is 75.4 cm³/mol. The van der Waals surface area contributed by atoms with Crippen molar-refractivity contribution < 1.29 is 18.3 Å². The highest BCUT2D eigenvalue weighted by Crippen LogP contribution is 2.24. The number of carbonyl (C=O) groups excluding carboxylic acids is 1. The zero-order chi connectivity index (χ0) is 15.4. The molecule has 2 rings (SSSR count). The van der Waals surface area contributed by atoms with Crippen LogP contribution in [0, 0.1) is 5.92 Å². The van der Waals surface area contributed by atoms with Crippen molar-refractivity contribution >= 4 is 5.91 Å². The maximum absolute atomic E-state index is 12.5. The van der Waals surface area contributed by atoms with E-state index in [4.69, 9.17) is 5.73 Å². The number of nitrogens with two attached hydrogens (primary N) is 1. The van der Waals surface area contributed by atoms with Gasteiger partial charge in [-0.05, 0) is 43.0 Å². The molecule has 0 radical (unpaired) electrons. The van der Waals surface area contributed by atoms with E-state index in [2.05, 4.69) is 11.7 Å². The maximum atomic E-state index is 12.5. The molecular weight excluding hydrogens is 278 g/mol. The Morgan fingerprint density at radius 1 is 1.43 bits per heavy atom. The average Bonchev–Trinajstić information content (AvgIpc) is 2.46. The fourth-order valence-corrected chi connectivity index (χ4v) is 2.69. The molecule has 0 saturated carbocycles. The molecule has 2 atom stereocenters. The minimum atomic E-state index is -2.86. The molecule has 6 heteroatoms. The number of alkyl halides is 2. The van der Waals surface area contributed by atoms with Gasteiger partial charge in [0.15, 0.2) is 0 Å². The van der Waals surface area contributed by atoms with E-state index in [-0.39, 0.29) is 17.7 Å². The van der Waals surface area contributed by atoms with Crippen LogP contribution >= 0.6 is 0 Å². The molecule has 4 nitrogen and oxygen atoms in total. The average molecular weight is 298 g/mol. The highest BCUT2D eigenvalue weighted by atomic mass is 19.3. The SMILES string of the molecule is CC1CCN(C(=O)c2ccc(OC(F)F)cc2)C(CN)C1. The quantitative estimate of drug-likeness (QED) is 0.929. The van der Waals surface area contributed by atoms with E-state index in [1.807, 2.05) is 0 Å². The van der Waals surface area contributed by atoms with Gasteiger partial charge in [-0.25, -0.2) is 0 Å². The molecule has 1 heterocycles. The smallest absolute Gasteiger partial charge is 0.387 e. The molecule has 0 spiro atoms. The fourth-order valence-electron chi connectivity index (χ4n) is 2.69. The van der Waals surface area contributed by atoms with Crippen LogP contribution in [0.25, 0.3) is 0 Å². The Morgan fingerprint density at radius 2 is 2.10 bits per heavy atom. The number of carbonyl (C=O) groups is 1. The van der Waals surface area contributed by atoms with Gasteiger partial charge in [0.1, 0.15) is 5.75 Å². The summed E-state index contributed by atoms with van der Waals surface area (Å²) in [5, 5.41) is 0. The Labute approximate surface area is 122 Å². The lowest BCUT2D eigenvalue weighted by molar-refractivity contribution is -0.0498. The van der Waals surface area contributed by atoms with E-state index in [1.54, 1.807) is 4.90 Å². The monoisotopic (exact) mass is 298 g/mol. The number of hydrogen-bond acceptors (Lipinski definition) is 3. The number of hydrogen-bond donors (Lipinski definition) is 1. The summed E-state index contributed by atoms with van der Waals surface area (Å²) in [6, 6.07) is 5.81. The first kappa shape index (κ1) is 15.7. The van der Waals surface area contributed by atoms with Crippen LogP contribution in [0.4, 0.5) is 8.78 Å². The molecular formula is C15H20F2N2O2. The van der Waals surface area contributed by atoms with Gasteiger partial charge in [0.25, 0.3) is 5.91 Å². The van der Waals surface area contributed by atoms with Gasteiger partial charge in [-0.2, -0.15) is 8.78 Å². The molecule has 0 aromatic heterocycles. The minimum absolute atomic E-state index is 0.0400. The van der Waals surface area contributed by atoms with Gasteiger partial charge in [-0.3, -0.25) is 4.79 Å². The van der Waals surface area contributed by atoms with Gasteiger partial charge < -0.3 is 15.4 Å². The predicted octanol–water partition coefficient (Wildman–Crippen LogP) is 2.49. The molecule has 2 N–H and O–H groups in total. The highest BCUT2D eigenvalue weighted by molar-refractivity contribution is 5.94. The summed E-state index contributed by atoms with van der Waals surface area (Å²) in [6.07, 6.45) is 1.85. The summed E-state index contributed by atoms with van der Waals surface area (Å²) in [5.74, 6) is 0.495. The van der Waals surface area contributed by atoms with E-state index >= 15 is 0 Å². The summed E-state index contributed by atoms with van der Waals surface area (Å²) in [6.45, 7) is 0.401. The van der Waals surface area contributed by atoms with E-state index in [9.17, 15) is 13.6 Å². The van der Waals surface area contributed by atoms with Gasteiger partial charge in [0, 0.05) is 24.7 Å². The lowest BCUT2D eigenvalue weighted by atomic mass is 9.92. The van der Waals surface area contributed by atoms with Gasteiger partial charge in [-0.15, -0.1) is 0 Å². The van der Waals surface area contributed by atoms with Gasteiger partial charge in [-0.1, -0.05) is 6.92 Å². The molecule has 1 aromatic rings. The van der Waals surface area contributed by atoms with Crippen molar-refractivity contribution in [2.45, 2.75) is 32.4 Å². The number of nitrogens with zero attached hydrogens (tertiary/aromatic N) is 1. The second kappa shape index (κ2) is 6.85. The first-order chi connectivity index (χ1) is 10.0. The molecule has 1 aromatic carbocycles. The lowest BCUT2D eigenvalue weighted by Crippen LogP contribution is -2.49. The molecule has 0 bridgehead atoms. The fraction of sp³-hybridized carbons (Fsp3) is 0.533. The van der Waals surface area contributed by atoms with Crippen LogP contribution in [0.2, 0.25) is 0 Å². The van der Waals surface area contributed by atoms with Gasteiger partial charge in [0.05, 0.1) is 0 Å². The number of halogens is 2. The molecule has 0 aliphatic carbocycles. The van der Waals surface area contributed by atoms with Crippen LogP contribution < -0.4 is 10.5 Å². The van der Waals surface area contributed by atoms with Crippen LogP contribution in [0.3, 0.4) is 0 Å². The van der Waals surface area contributed by atoms with Crippen molar-refractivity contribution in [1.82, 2.24) is 4.90 Å². The topological polar surface area (TPSA) is 55.6 Å². The van der Waals surface area contributed by atoms with Crippen LogP contribution in [0.5, 0.6) is 5.75 Å². The largest absolute Gasteiger partial charge is 0.435 e. The zero-order valence-corrected chi connectivity index (χ0v) is 12.0. The Balaban J connectivity index is 2.08. The number of likely N-dealkylation sites (tertiary alicyclic amines) is 1.